The van der Waals surface area contributed by atoms with Crippen molar-refractivity contribution in [3.05, 3.63) is 59.7 Å². The molecule has 0 saturated heterocycles. The van der Waals surface area contributed by atoms with Gasteiger partial charge in [0.1, 0.15) is 12.4 Å². The van der Waals surface area contributed by atoms with Crippen LogP contribution in [0.25, 0.3) is 0 Å². The van der Waals surface area contributed by atoms with Crippen LogP contribution in [0.3, 0.4) is 0 Å². The molecule has 4 nitrogen and oxygen atoms in total. The summed E-state index contributed by atoms with van der Waals surface area (Å²) in [5.74, 6) is -0.477. The Kier molecular flexibility index (Phi) is 2.67. The van der Waals surface area contributed by atoms with E-state index >= 15 is 0 Å². The molecule has 19 heavy (non-hydrogen) atoms. The van der Waals surface area contributed by atoms with Crippen molar-refractivity contribution in [2.75, 3.05) is 18.6 Å². The Balaban J connectivity index is 2.20. The molecule has 0 spiro atoms. The van der Waals surface area contributed by atoms with E-state index in [0.717, 1.165) is 0 Å². The molecule has 0 aliphatic carbocycles. The van der Waals surface area contributed by atoms with E-state index in [4.69, 9.17) is 0 Å². The van der Waals surface area contributed by atoms with Crippen molar-refractivity contribution in [3.63, 3.8) is 0 Å². The molecule has 96 valence electrons. The van der Waals surface area contributed by atoms with Crippen LogP contribution in [0.1, 0.15) is 11.3 Å². The molecule has 0 bridgehead atoms. The number of benzene rings is 1. The molecule has 0 unspecified atom stereocenters. The van der Waals surface area contributed by atoms with E-state index < -0.39 is 0 Å². The van der Waals surface area contributed by atoms with Gasteiger partial charge in [-0.15, -0.1) is 0 Å². The van der Waals surface area contributed by atoms with Gasteiger partial charge in [-0.3, -0.25) is 19.5 Å². The number of fused-ring (bicyclic) bond motifs is 1. The summed E-state index contributed by atoms with van der Waals surface area (Å²) in [6.07, 6.45) is 1.76. The smallest absolute Gasteiger partial charge is 0.262 e. The van der Waals surface area contributed by atoms with Crippen LogP contribution < -0.4 is 5.01 Å². The van der Waals surface area contributed by atoms with Gasteiger partial charge in [0.25, 0.3) is 5.91 Å². The van der Waals surface area contributed by atoms with Crippen molar-refractivity contribution >= 4 is 11.6 Å². The molecule has 1 aliphatic heterocycles. The van der Waals surface area contributed by atoms with Crippen LogP contribution in [-0.4, -0.2) is 29.9 Å². The monoisotopic (exact) mass is 257 g/mol. The van der Waals surface area contributed by atoms with Gasteiger partial charge in [0, 0.05) is 18.8 Å². The molecule has 1 aromatic heterocycles. The third kappa shape index (κ3) is 1.83. The molecule has 1 amide bonds. The fraction of sp³-hybridized carbons (Fsp3) is 0.143. The molecule has 0 N–H and O–H groups in total. The molecule has 0 saturated carbocycles. The quantitative estimate of drug-likeness (QED) is 0.764. The molecule has 0 fully saturated rings. The van der Waals surface area contributed by atoms with Gasteiger partial charge < -0.3 is 0 Å². The Hall–Kier alpha value is -2.43. The molecule has 2 heterocycles. The second-order valence-electron chi connectivity index (χ2n) is 4.30. The predicted octanol–water partition coefficient (Wildman–Crippen LogP) is 1.57. The number of halogens is 1. The van der Waals surface area contributed by atoms with Gasteiger partial charge in [-0.05, 0) is 24.3 Å². The summed E-state index contributed by atoms with van der Waals surface area (Å²) in [4.78, 5) is 16.1. The lowest BCUT2D eigenvalue weighted by atomic mass is 10.1. The molecule has 2 aromatic rings. The second kappa shape index (κ2) is 4.35. The van der Waals surface area contributed by atoms with Crippen LogP contribution in [0, 0.1) is 5.82 Å². The van der Waals surface area contributed by atoms with E-state index in [9.17, 15) is 9.18 Å². The van der Waals surface area contributed by atoms with Crippen molar-refractivity contribution < 1.29 is 9.18 Å². The zero-order valence-corrected chi connectivity index (χ0v) is 10.4. The number of hydrogen-bond donors (Lipinski definition) is 0. The summed E-state index contributed by atoms with van der Waals surface area (Å²) in [7, 11) is 1.67. The predicted molar refractivity (Wildman–Crippen MR) is 70.5 cm³/mol. The topological polar surface area (TPSA) is 37.6 Å². The maximum Gasteiger partial charge on any atom is 0.262 e. The average molecular weight is 257 g/mol. The van der Waals surface area contributed by atoms with Crippen LogP contribution in [0.4, 0.5) is 4.39 Å². The van der Waals surface area contributed by atoms with E-state index in [1.54, 1.807) is 42.2 Å². The Morgan fingerprint density at radius 2 is 2.00 bits per heavy atom. The minimum absolute atomic E-state index is 0.0157. The van der Waals surface area contributed by atoms with Crippen molar-refractivity contribution in [2.45, 2.75) is 0 Å². The highest BCUT2D eigenvalue weighted by Crippen LogP contribution is 2.17. The standard InChI is InChI=1S/C14H12FN3O/c1-17-13(19)9-16-14(12-7-4-8-18(12)17)10-5-2-3-6-11(10)15/h2-8H,9H2,1H3. The molecule has 0 atom stereocenters. The maximum atomic E-state index is 13.9. The summed E-state index contributed by atoms with van der Waals surface area (Å²) in [5.41, 5.74) is 1.62. The summed E-state index contributed by atoms with van der Waals surface area (Å²) in [5, 5.41) is 1.48. The maximum absolute atomic E-state index is 13.9. The molecule has 0 radical (unpaired) electrons. The lowest BCUT2D eigenvalue weighted by molar-refractivity contribution is -0.118. The first-order valence-electron chi connectivity index (χ1n) is 5.92. The lowest BCUT2D eigenvalue weighted by Crippen LogP contribution is -2.37. The number of rotatable bonds is 1. The van der Waals surface area contributed by atoms with Gasteiger partial charge >= 0.3 is 0 Å². The van der Waals surface area contributed by atoms with E-state index in [1.807, 2.05) is 6.07 Å². The Labute approximate surface area is 109 Å². The van der Waals surface area contributed by atoms with Gasteiger partial charge in [-0.2, -0.15) is 0 Å². The van der Waals surface area contributed by atoms with Crippen molar-refractivity contribution in [2.24, 2.45) is 4.99 Å². The van der Waals surface area contributed by atoms with Gasteiger partial charge in [0.2, 0.25) is 0 Å². The van der Waals surface area contributed by atoms with Crippen LogP contribution >= 0.6 is 0 Å². The van der Waals surface area contributed by atoms with Crippen LogP contribution in [0.2, 0.25) is 0 Å². The SMILES string of the molecule is CN1C(=O)CN=C(c2ccccc2F)c2cccn21. The zero-order chi connectivity index (χ0) is 13.4. The Morgan fingerprint density at radius 3 is 2.79 bits per heavy atom. The number of carbonyl (C=O) groups excluding carboxylic acids is 1. The minimum Gasteiger partial charge on any atom is -0.272 e. The number of aromatic nitrogens is 1. The highest BCUT2D eigenvalue weighted by molar-refractivity contribution is 6.14. The van der Waals surface area contributed by atoms with Crippen LogP contribution in [0.5, 0.6) is 0 Å². The van der Waals surface area contributed by atoms with Gasteiger partial charge in [-0.25, -0.2) is 4.39 Å². The fourth-order valence-corrected chi connectivity index (χ4v) is 2.15. The molecule has 1 aromatic carbocycles. The van der Waals surface area contributed by atoms with Gasteiger partial charge in [-0.1, -0.05) is 12.1 Å². The molecular formula is C14H12FN3O. The van der Waals surface area contributed by atoms with Crippen LogP contribution in [-0.2, 0) is 4.79 Å². The molecule has 1 aliphatic rings. The number of aliphatic imine (C=N–C) groups is 1. The van der Waals surface area contributed by atoms with E-state index in [0.29, 0.717) is 17.0 Å². The molecule has 5 heteroatoms. The van der Waals surface area contributed by atoms with E-state index in [1.165, 1.54) is 11.1 Å². The number of carbonyl (C=O) groups is 1. The number of nitrogens with zero attached hydrogens (tertiary/aromatic N) is 3. The summed E-state index contributed by atoms with van der Waals surface area (Å²) >= 11 is 0. The van der Waals surface area contributed by atoms with E-state index in [2.05, 4.69) is 4.99 Å². The molecule has 3 rings (SSSR count). The van der Waals surface area contributed by atoms with E-state index in [-0.39, 0.29) is 18.3 Å². The first kappa shape index (κ1) is 11.6. The average Bonchev–Trinajstić information content (AvgIpc) is 2.85. The summed E-state index contributed by atoms with van der Waals surface area (Å²) < 4.78 is 15.6. The molecular weight excluding hydrogens is 245 g/mol. The van der Waals surface area contributed by atoms with Crippen LogP contribution in [0.15, 0.2) is 47.6 Å². The summed E-state index contributed by atoms with van der Waals surface area (Å²) in [6.45, 7) is 0.0157. The van der Waals surface area contributed by atoms with Crippen molar-refractivity contribution in [1.82, 2.24) is 4.68 Å². The number of hydrogen-bond acceptors (Lipinski definition) is 2. The zero-order valence-electron chi connectivity index (χ0n) is 10.4. The first-order valence-corrected chi connectivity index (χ1v) is 5.92. The second-order valence-corrected chi connectivity index (χ2v) is 4.30. The van der Waals surface area contributed by atoms with Crippen molar-refractivity contribution in [1.29, 1.82) is 0 Å². The lowest BCUT2D eigenvalue weighted by Gasteiger charge is -2.18. The number of likely N-dealkylation sites (N-methyl/N-ethyl adjacent to an activating group) is 1. The Bertz CT molecular complexity index is 675. The third-order valence-corrected chi connectivity index (χ3v) is 3.16. The third-order valence-electron chi connectivity index (χ3n) is 3.16. The highest BCUT2D eigenvalue weighted by Gasteiger charge is 2.22. The fourth-order valence-electron chi connectivity index (χ4n) is 2.15. The van der Waals surface area contributed by atoms with Gasteiger partial charge in [0.15, 0.2) is 0 Å². The Morgan fingerprint density at radius 1 is 1.21 bits per heavy atom. The van der Waals surface area contributed by atoms with Crippen molar-refractivity contribution in [3.8, 4) is 0 Å². The summed E-state index contributed by atoms with van der Waals surface area (Å²) in [6, 6.07) is 10.1. The first-order chi connectivity index (χ1) is 9.18. The highest BCUT2D eigenvalue weighted by atomic mass is 19.1. The normalized spacial score (nSPS) is 14.9. The largest absolute Gasteiger partial charge is 0.272 e. The minimum atomic E-state index is -0.342. The number of amides is 1. The van der Waals surface area contributed by atoms with Gasteiger partial charge in [0.05, 0.1) is 11.4 Å².